The Balaban J connectivity index is 2.64. The zero-order valence-electron chi connectivity index (χ0n) is 8.28. The molecule has 0 aliphatic rings. The second-order valence-corrected chi connectivity index (χ2v) is 4.01. The van der Waals surface area contributed by atoms with Crippen LogP contribution in [0.5, 0.6) is 5.75 Å². The van der Waals surface area contributed by atoms with Crippen LogP contribution in [-0.4, -0.2) is 16.0 Å². The van der Waals surface area contributed by atoms with Crippen molar-refractivity contribution < 1.29 is 9.90 Å². The zero-order valence-corrected chi connectivity index (χ0v) is 9.10. The van der Waals surface area contributed by atoms with Gasteiger partial charge in [-0.05, 0) is 18.2 Å². The zero-order chi connectivity index (χ0) is 11.3. The highest BCUT2D eigenvalue weighted by Gasteiger charge is 1.95. The number of nitrogens with two attached hydrogens (primary N) is 1. The van der Waals surface area contributed by atoms with Crippen LogP contribution in [0, 0.1) is 11.8 Å². The third-order valence-electron chi connectivity index (χ3n) is 1.61. The molecule has 0 aliphatic carbocycles. The van der Waals surface area contributed by atoms with Crippen molar-refractivity contribution in [3.8, 4) is 17.6 Å². The lowest BCUT2D eigenvalue weighted by Gasteiger charge is -1.97. The summed E-state index contributed by atoms with van der Waals surface area (Å²) in [6.45, 7) is 1.50. The third kappa shape index (κ3) is 3.96. The summed E-state index contributed by atoms with van der Waals surface area (Å²) in [6, 6.07) is 4.82. The average molecular weight is 221 g/mol. The molecule has 0 heterocycles. The van der Waals surface area contributed by atoms with E-state index in [-0.39, 0.29) is 10.9 Å². The van der Waals surface area contributed by atoms with Crippen molar-refractivity contribution in [1.82, 2.24) is 0 Å². The molecule has 0 spiro atoms. The van der Waals surface area contributed by atoms with Gasteiger partial charge in [-0.1, -0.05) is 23.6 Å². The van der Waals surface area contributed by atoms with Gasteiger partial charge in [-0.15, -0.1) is 0 Å². The van der Waals surface area contributed by atoms with E-state index in [0.29, 0.717) is 17.0 Å². The molecule has 0 amide bonds. The molecule has 15 heavy (non-hydrogen) atoms. The van der Waals surface area contributed by atoms with Crippen LogP contribution in [0.4, 0.5) is 5.69 Å². The second-order valence-electron chi connectivity index (χ2n) is 2.86. The lowest BCUT2D eigenvalue weighted by Crippen LogP contribution is -1.86. The highest BCUT2D eigenvalue weighted by molar-refractivity contribution is 8.13. The Morgan fingerprint density at radius 1 is 1.60 bits per heavy atom. The molecule has 0 unspecified atom stereocenters. The molecule has 0 fully saturated rings. The number of phenols is 1. The van der Waals surface area contributed by atoms with Crippen molar-refractivity contribution in [2.45, 2.75) is 6.92 Å². The highest BCUT2D eigenvalue weighted by atomic mass is 32.2. The summed E-state index contributed by atoms with van der Waals surface area (Å²) in [5.74, 6) is 6.14. The Labute approximate surface area is 92.7 Å². The van der Waals surface area contributed by atoms with Crippen LogP contribution < -0.4 is 5.73 Å². The van der Waals surface area contributed by atoms with Gasteiger partial charge in [0.15, 0.2) is 5.12 Å². The Bertz CT molecular complexity index is 432. The molecular weight excluding hydrogens is 210 g/mol. The van der Waals surface area contributed by atoms with Crippen molar-refractivity contribution in [1.29, 1.82) is 0 Å². The van der Waals surface area contributed by atoms with Gasteiger partial charge in [0.05, 0.1) is 11.4 Å². The van der Waals surface area contributed by atoms with Crippen molar-refractivity contribution in [2.24, 2.45) is 0 Å². The van der Waals surface area contributed by atoms with E-state index in [4.69, 9.17) is 5.73 Å². The predicted octanol–water partition coefficient (Wildman–Crippen LogP) is 1.61. The minimum Gasteiger partial charge on any atom is -0.506 e. The maximum atomic E-state index is 10.6. The molecule has 0 atom stereocenters. The summed E-state index contributed by atoms with van der Waals surface area (Å²) in [6.07, 6.45) is 0. The Hall–Kier alpha value is -1.60. The minimum absolute atomic E-state index is 0.0287. The molecule has 0 aliphatic heterocycles. The maximum absolute atomic E-state index is 10.6. The molecular formula is C11H11NO2S. The van der Waals surface area contributed by atoms with E-state index >= 15 is 0 Å². The van der Waals surface area contributed by atoms with Gasteiger partial charge in [-0.25, -0.2) is 0 Å². The van der Waals surface area contributed by atoms with E-state index in [1.54, 1.807) is 12.1 Å². The van der Waals surface area contributed by atoms with Crippen molar-refractivity contribution in [3.05, 3.63) is 23.8 Å². The molecule has 0 radical (unpaired) electrons. The lowest BCUT2D eigenvalue weighted by atomic mass is 10.2. The van der Waals surface area contributed by atoms with E-state index in [1.165, 1.54) is 13.0 Å². The third-order valence-corrected chi connectivity index (χ3v) is 2.31. The number of phenolic OH excluding ortho intramolecular Hbond substituents is 1. The SMILES string of the molecule is CC(=O)SCC#Cc1ccc(N)c(O)c1. The normalized spacial score (nSPS) is 9.13. The van der Waals surface area contributed by atoms with Crippen LogP contribution in [0.25, 0.3) is 0 Å². The molecule has 0 saturated carbocycles. The molecule has 78 valence electrons. The number of carbonyl (C=O) groups excluding carboxylic acids is 1. The van der Waals surface area contributed by atoms with Gasteiger partial charge in [0.2, 0.25) is 0 Å². The Morgan fingerprint density at radius 2 is 2.33 bits per heavy atom. The summed E-state index contributed by atoms with van der Waals surface area (Å²) in [5.41, 5.74) is 6.45. The number of thioether (sulfide) groups is 1. The highest BCUT2D eigenvalue weighted by Crippen LogP contribution is 2.19. The Kier molecular flexibility index (Phi) is 4.07. The number of hydrogen-bond donors (Lipinski definition) is 2. The summed E-state index contributed by atoms with van der Waals surface area (Å²) >= 11 is 1.16. The Morgan fingerprint density at radius 3 is 2.93 bits per heavy atom. The smallest absolute Gasteiger partial charge is 0.186 e. The lowest BCUT2D eigenvalue weighted by molar-refractivity contribution is -0.109. The number of nitrogen functional groups attached to an aromatic ring is 1. The van der Waals surface area contributed by atoms with Gasteiger partial charge in [0.1, 0.15) is 5.75 Å². The standard InChI is InChI=1S/C11H11NO2S/c1-8(13)15-6-2-3-9-4-5-10(12)11(14)7-9/h4-5,7,14H,6,12H2,1H3. The van der Waals surface area contributed by atoms with Crippen LogP contribution in [0.1, 0.15) is 12.5 Å². The van der Waals surface area contributed by atoms with Crippen LogP contribution in [0.15, 0.2) is 18.2 Å². The van der Waals surface area contributed by atoms with E-state index < -0.39 is 0 Å². The average Bonchev–Trinajstić information content (AvgIpc) is 2.18. The summed E-state index contributed by atoms with van der Waals surface area (Å²) in [4.78, 5) is 10.6. The van der Waals surface area contributed by atoms with Gasteiger partial charge in [-0.3, -0.25) is 4.79 Å². The number of benzene rings is 1. The number of anilines is 1. The molecule has 3 N–H and O–H groups in total. The largest absolute Gasteiger partial charge is 0.506 e. The van der Waals surface area contributed by atoms with E-state index in [0.717, 1.165) is 11.8 Å². The maximum Gasteiger partial charge on any atom is 0.186 e. The van der Waals surface area contributed by atoms with E-state index in [2.05, 4.69) is 11.8 Å². The second kappa shape index (κ2) is 5.32. The summed E-state index contributed by atoms with van der Waals surface area (Å²) < 4.78 is 0. The van der Waals surface area contributed by atoms with E-state index in [9.17, 15) is 9.90 Å². The molecule has 0 bridgehead atoms. The first-order valence-electron chi connectivity index (χ1n) is 4.30. The molecule has 1 aromatic rings. The van der Waals surface area contributed by atoms with Gasteiger partial charge in [0.25, 0.3) is 0 Å². The number of hydrogen-bond acceptors (Lipinski definition) is 4. The van der Waals surface area contributed by atoms with Crippen LogP contribution in [0.2, 0.25) is 0 Å². The van der Waals surface area contributed by atoms with Crippen LogP contribution in [-0.2, 0) is 4.79 Å². The molecule has 0 aromatic heterocycles. The van der Waals surface area contributed by atoms with Crippen molar-refractivity contribution in [2.75, 3.05) is 11.5 Å². The van der Waals surface area contributed by atoms with Crippen molar-refractivity contribution >= 4 is 22.6 Å². The van der Waals surface area contributed by atoms with Gasteiger partial charge < -0.3 is 10.8 Å². The van der Waals surface area contributed by atoms with Crippen LogP contribution >= 0.6 is 11.8 Å². The van der Waals surface area contributed by atoms with Crippen LogP contribution in [0.3, 0.4) is 0 Å². The fourth-order valence-corrected chi connectivity index (χ4v) is 1.24. The molecule has 3 nitrogen and oxygen atoms in total. The van der Waals surface area contributed by atoms with Gasteiger partial charge >= 0.3 is 0 Å². The fraction of sp³-hybridized carbons (Fsp3) is 0.182. The first-order valence-corrected chi connectivity index (χ1v) is 5.29. The molecule has 1 rings (SSSR count). The summed E-state index contributed by atoms with van der Waals surface area (Å²) in [7, 11) is 0. The topological polar surface area (TPSA) is 63.3 Å². The van der Waals surface area contributed by atoms with E-state index in [1.807, 2.05) is 0 Å². The first kappa shape index (κ1) is 11.5. The molecule has 4 heteroatoms. The first-order chi connectivity index (χ1) is 7.09. The molecule has 1 aromatic carbocycles. The number of carbonyl (C=O) groups is 1. The quantitative estimate of drug-likeness (QED) is 0.429. The monoisotopic (exact) mass is 221 g/mol. The summed E-state index contributed by atoms with van der Waals surface area (Å²) in [5, 5.41) is 9.34. The minimum atomic E-state index is 0.0287. The number of aromatic hydroxyl groups is 1. The molecule has 0 saturated heterocycles. The predicted molar refractivity (Wildman–Crippen MR) is 62.5 cm³/mol. The van der Waals surface area contributed by atoms with Gasteiger partial charge in [0, 0.05) is 12.5 Å². The fourth-order valence-electron chi connectivity index (χ4n) is 0.897. The van der Waals surface area contributed by atoms with Crippen molar-refractivity contribution in [3.63, 3.8) is 0 Å². The number of rotatable bonds is 1. The van der Waals surface area contributed by atoms with Gasteiger partial charge in [-0.2, -0.15) is 0 Å².